The van der Waals surface area contributed by atoms with Crippen molar-refractivity contribution in [1.82, 2.24) is 14.1 Å². The number of anilines is 1. The second-order valence-corrected chi connectivity index (χ2v) is 9.32. The summed E-state index contributed by atoms with van der Waals surface area (Å²) in [4.78, 5) is 24.7. The molecule has 1 N–H and O–H groups in total. The van der Waals surface area contributed by atoms with Crippen LogP contribution in [0, 0.1) is 0 Å². The van der Waals surface area contributed by atoms with Crippen LogP contribution in [0.5, 0.6) is 0 Å². The largest absolute Gasteiger partial charge is 0.421 e. The minimum Gasteiger partial charge on any atom is -0.324 e. The van der Waals surface area contributed by atoms with E-state index in [0.717, 1.165) is 6.07 Å². The van der Waals surface area contributed by atoms with Crippen LogP contribution in [0.2, 0.25) is 0 Å². The minimum atomic E-state index is -4.87. The Morgan fingerprint density at radius 2 is 1.88 bits per heavy atom. The third-order valence-corrected chi connectivity index (χ3v) is 7.09. The van der Waals surface area contributed by atoms with Gasteiger partial charge in [0.15, 0.2) is 0 Å². The number of carbonyl (C=O) groups excluding carboxylic acids is 1. The van der Waals surface area contributed by atoms with Gasteiger partial charge in [0.25, 0.3) is 5.56 Å². The second kappa shape index (κ2) is 9.02. The van der Waals surface area contributed by atoms with E-state index >= 15 is 0 Å². The van der Waals surface area contributed by atoms with Crippen molar-refractivity contribution in [3.05, 3.63) is 51.9 Å². The molecule has 0 saturated heterocycles. The zero-order valence-corrected chi connectivity index (χ0v) is 18.3. The lowest BCUT2D eigenvalue weighted by Crippen LogP contribution is -2.35. The maximum absolute atomic E-state index is 13.3. The van der Waals surface area contributed by atoms with Crippen LogP contribution in [0.1, 0.15) is 43.9 Å². The van der Waals surface area contributed by atoms with Crippen LogP contribution >= 0.6 is 0 Å². The predicted octanol–water partition coefficient (Wildman–Crippen LogP) is 2.81. The van der Waals surface area contributed by atoms with Crippen molar-refractivity contribution in [3.63, 3.8) is 0 Å². The van der Waals surface area contributed by atoms with E-state index in [9.17, 15) is 31.2 Å². The first-order chi connectivity index (χ1) is 15.0. The van der Waals surface area contributed by atoms with E-state index in [1.807, 2.05) is 0 Å². The lowest BCUT2D eigenvalue weighted by molar-refractivity contribution is -0.139. The smallest absolute Gasteiger partial charge is 0.324 e. The highest BCUT2D eigenvalue weighted by molar-refractivity contribution is 7.89. The predicted molar refractivity (Wildman–Crippen MR) is 111 cm³/mol. The maximum Gasteiger partial charge on any atom is 0.421 e. The molecule has 0 radical (unpaired) electrons. The van der Waals surface area contributed by atoms with Gasteiger partial charge in [0.1, 0.15) is 12.1 Å². The minimum absolute atomic E-state index is 0.0376. The Morgan fingerprint density at radius 3 is 2.44 bits per heavy atom. The van der Waals surface area contributed by atoms with Gasteiger partial charge in [-0.1, -0.05) is 19.9 Å². The summed E-state index contributed by atoms with van der Waals surface area (Å²) in [5.41, 5.74) is -2.52. The van der Waals surface area contributed by atoms with Crippen molar-refractivity contribution < 1.29 is 26.4 Å². The molecule has 0 unspecified atom stereocenters. The van der Waals surface area contributed by atoms with Crippen molar-refractivity contribution >= 4 is 21.6 Å². The molecule has 1 saturated carbocycles. The van der Waals surface area contributed by atoms with Crippen LogP contribution in [0.3, 0.4) is 0 Å². The van der Waals surface area contributed by atoms with Crippen LogP contribution < -0.4 is 10.9 Å². The number of nitrogens with zero attached hydrogens (tertiary/aromatic N) is 3. The second-order valence-electron chi connectivity index (χ2n) is 7.38. The summed E-state index contributed by atoms with van der Waals surface area (Å²) in [6, 6.07) is 6.26. The number of aromatic nitrogens is 2. The molecule has 1 fully saturated rings. The fourth-order valence-corrected chi connectivity index (χ4v) is 4.74. The molecule has 12 heteroatoms. The Bertz CT molecular complexity index is 1170. The Morgan fingerprint density at radius 1 is 1.22 bits per heavy atom. The number of amides is 1. The molecule has 3 rings (SSSR count). The Kier molecular flexibility index (Phi) is 6.75. The van der Waals surface area contributed by atoms with Crippen LogP contribution in [-0.4, -0.2) is 41.5 Å². The van der Waals surface area contributed by atoms with Gasteiger partial charge in [0.05, 0.1) is 10.6 Å². The van der Waals surface area contributed by atoms with E-state index < -0.39 is 39.8 Å². The topological polar surface area (TPSA) is 101 Å². The zero-order chi connectivity index (χ0) is 23.7. The van der Waals surface area contributed by atoms with Gasteiger partial charge >= 0.3 is 6.18 Å². The Balaban J connectivity index is 1.84. The summed E-state index contributed by atoms with van der Waals surface area (Å²) in [5, 5.41) is 6.36. The quantitative estimate of drug-likeness (QED) is 0.637. The first-order valence-corrected chi connectivity index (χ1v) is 11.5. The molecule has 0 bridgehead atoms. The van der Waals surface area contributed by atoms with Crippen LogP contribution in [0.25, 0.3) is 0 Å². The lowest BCUT2D eigenvalue weighted by atomic mass is 10.2. The van der Waals surface area contributed by atoms with Crippen LogP contribution in [-0.2, 0) is 27.5 Å². The number of carbonyl (C=O) groups is 1. The molecule has 0 atom stereocenters. The van der Waals surface area contributed by atoms with Crippen molar-refractivity contribution in [2.75, 3.05) is 18.4 Å². The van der Waals surface area contributed by atoms with Crippen LogP contribution in [0.15, 0.2) is 40.0 Å². The normalized spacial score (nSPS) is 14.6. The summed E-state index contributed by atoms with van der Waals surface area (Å²) in [7, 11) is -3.77. The number of hydrogen-bond acceptors (Lipinski definition) is 5. The van der Waals surface area contributed by atoms with E-state index in [1.165, 1.54) is 28.6 Å². The number of rotatable bonds is 8. The van der Waals surface area contributed by atoms with Gasteiger partial charge in [-0.2, -0.15) is 22.6 Å². The average Bonchev–Trinajstić information content (AvgIpc) is 3.55. The van der Waals surface area contributed by atoms with Gasteiger partial charge < -0.3 is 5.32 Å². The molecule has 1 heterocycles. The summed E-state index contributed by atoms with van der Waals surface area (Å²) in [6.07, 6.45) is -3.53. The number of nitrogens with one attached hydrogen (secondary N) is 1. The third-order valence-electron chi connectivity index (χ3n) is 5.05. The molecule has 0 aliphatic heterocycles. The summed E-state index contributed by atoms with van der Waals surface area (Å²) >= 11 is 0. The van der Waals surface area contributed by atoms with Crippen molar-refractivity contribution in [1.29, 1.82) is 0 Å². The SMILES string of the molecule is CCN(CC)S(=O)(=O)c1cccc(NC(=O)Cn2nc(C3CC3)cc(C(F)(F)F)c2=O)c1. The molecule has 0 spiro atoms. The molecule has 174 valence electrons. The Hall–Kier alpha value is -2.73. The molecule has 8 nitrogen and oxygen atoms in total. The lowest BCUT2D eigenvalue weighted by Gasteiger charge is -2.19. The number of alkyl halides is 3. The van der Waals surface area contributed by atoms with Crippen molar-refractivity contribution in [3.8, 4) is 0 Å². The highest BCUT2D eigenvalue weighted by atomic mass is 32.2. The van der Waals surface area contributed by atoms with E-state index in [4.69, 9.17) is 0 Å². The molecule has 1 aliphatic rings. The number of benzene rings is 1. The molecule has 32 heavy (non-hydrogen) atoms. The monoisotopic (exact) mass is 472 g/mol. The average molecular weight is 472 g/mol. The number of halogens is 3. The number of hydrogen-bond donors (Lipinski definition) is 1. The van der Waals surface area contributed by atoms with Gasteiger partial charge in [-0.05, 0) is 37.1 Å². The molecule has 1 aromatic carbocycles. The summed E-state index contributed by atoms with van der Waals surface area (Å²) in [6.45, 7) is 3.19. The van der Waals surface area contributed by atoms with Crippen molar-refractivity contribution in [2.45, 2.75) is 50.2 Å². The van der Waals surface area contributed by atoms with Crippen LogP contribution in [0.4, 0.5) is 18.9 Å². The molecule has 1 aromatic heterocycles. The Labute approximate surface area is 183 Å². The van der Waals surface area contributed by atoms with Gasteiger partial charge in [0, 0.05) is 24.7 Å². The summed E-state index contributed by atoms with van der Waals surface area (Å²) < 4.78 is 66.8. The molecular formula is C20H23F3N4O4S. The zero-order valence-electron chi connectivity index (χ0n) is 17.5. The fraction of sp³-hybridized carbons (Fsp3) is 0.450. The van der Waals surface area contributed by atoms with E-state index in [2.05, 4.69) is 10.4 Å². The van der Waals surface area contributed by atoms with Gasteiger partial charge in [-0.3, -0.25) is 9.59 Å². The van der Waals surface area contributed by atoms with Gasteiger partial charge in [-0.25, -0.2) is 13.1 Å². The first-order valence-electron chi connectivity index (χ1n) is 10.1. The van der Waals surface area contributed by atoms with Gasteiger partial charge in [-0.15, -0.1) is 0 Å². The molecular weight excluding hydrogens is 449 g/mol. The highest BCUT2D eigenvalue weighted by Gasteiger charge is 2.37. The third kappa shape index (κ3) is 5.18. The number of sulfonamides is 1. The first kappa shape index (κ1) is 23.9. The van der Waals surface area contributed by atoms with E-state index in [1.54, 1.807) is 13.8 Å². The van der Waals surface area contributed by atoms with E-state index in [0.29, 0.717) is 17.5 Å². The highest BCUT2D eigenvalue weighted by Crippen LogP contribution is 2.40. The maximum atomic E-state index is 13.3. The molecule has 1 amide bonds. The fourth-order valence-electron chi connectivity index (χ4n) is 3.23. The molecule has 1 aliphatic carbocycles. The standard InChI is InChI=1S/C20H23F3N4O4S/c1-3-26(4-2)32(30,31)15-7-5-6-14(10-15)24-18(28)12-27-19(29)16(20(21,22)23)11-17(25-27)13-8-9-13/h5-7,10-11,13H,3-4,8-9,12H2,1-2H3,(H,24,28). The van der Waals surface area contributed by atoms with Crippen molar-refractivity contribution in [2.24, 2.45) is 0 Å². The molecule has 2 aromatic rings. The van der Waals surface area contributed by atoms with E-state index in [-0.39, 0.29) is 35.3 Å². The van der Waals surface area contributed by atoms with Gasteiger partial charge in [0.2, 0.25) is 15.9 Å². The summed E-state index contributed by atoms with van der Waals surface area (Å²) in [5.74, 6) is -0.967.